The van der Waals surface area contributed by atoms with Gasteiger partial charge in [-0.1, -0.05) is 12.1 Å². The van der Waals surface area contributed by atoms with E-state index in [-0.39, 0.29) is 12.4 Å². The molecule has 0 spiro atoms. The molecule has 3 nitrogen and oxygen atoms in total. The maximum atomic E-state index is 13.4. The Morgan fingerprint density at radius 2 is 2.13 bits per heavy atom. The maximum Gasteiger partial charge on any atom is 0.132 e. The average molecular weight is 206 g/mol. The molecule has 0 atom stereocenters. The van der Waals surface area contributed by atoms with E-state index in [1.54, 1.807) is 24.4 Å². The van der Waals surface area contributed by atoms with Gasteiger partial charge in [-0.3, -0.25) is 0 Å². The number of nitrogens with zero attached hydrogens (tertiary/aromatic N) is 1. The smallest absolute Gasteiger partial charge is 0.132 e. The van der Waals surface area contributed by atoms with Gasteiger partial charge in [-0.05, 0) is 12.1 Å². The molecule has 2 N–H and O–H groups in total. The third-order valence-corrected chi connectivity index (χ3v) is 2.14. The van der Waals surface area contributed by atoms with Crippen molar-refractivity contribution in [1.29, 1.82) is 0 Å². The van der Waals surface area contributed by atoms with E-state index in [9.17, 15) is 4.39 Å². The fourth-order valence-electron chi connectivity index (χ4n) is 1.41. The second-order valence-corrected chi connectivity index (χ2v) is 3.20. The molecule has 0 saturated carbocycles. The summed E-state index contributed by atoms with van der Waals surface area (Å²) in [5.41, 5.74) is 1.13. The summed E-state index contributed by atoms with van der Waals surface area (Å²) >= 11 is 0. The predicted octanol–water partition coefficient (Wildman–Crippen LogP) is 1.75. The van der Waals surface area contributed by atoms with Crippen molar-refractivity contribution in [1.82, 2.24) is 9.97 Å². The first kappa shape index (κ1) is 9.86. The van der Waals surface area contributed by atoms with Crippen LogP contribution in [0.1, 0.15) is 5.82 Å². The zero-order valence-corrected chi connectivity index (χ0v) is 8.07. The molecule has 1 aromatic carbocycles. The molecular formula is C11H11FN2O. The molecule has 15 heavy (non-hydrogen) atoms. The van der Waals surface area contributed by atoms with E-state index in [2.05, 4.69) is 9.97 Å². The van der Waals surface area contributed by atoms with E-state index < -0.39 is 0 Å². The lowest BCUT2D eigenvalue weighted by Crippen LogP contribution is -1.92. The highest BCUT2D eigenvalue weighted by molar-refractivity contribution is 5.59. The molecule has 0 bridgehead atoms. The standard InChI is InChI=1S/C11H11FN2O/c12-9-4-2-1-3-8(9)10-7-13-11(14-10)5-6-15/h1-4,7,15H,5-6H2,(H,13,14). The van der Waals surface area contributed by atoms with Crippen molar-refractivity contribution in [2.24, 2.45) is 0 Å². The van der Waals surface area contributed by atoms with Crippen LogP contribution in [0, 0.1) is 5.82 Å². The SMILES string of the molecule is OCCc1ncc(-c2ccccc2F)[nH]1. The molecule has 0 amide bonds. The van der Waals surface area contributed by atoms with Crippen LogP contribution in [0.5, 0.6) is 0 Å². The summed E-state index contributed by atoms with van der Waals surface area (Å²) in [7, 11) is 0. The van der Waals surface area contributed by atoms with Gasteiger partial charge >= 0.3 is 0 Å². The van der Waals surface area contributed by atoms with E-state index in [1.165, 1.54) is 6.07 Å². The minimum absolute atomic E-state index is 0.0320. The summed E-state index contributed by atoms with van der Waals surface area (Å²) in [6.45, 7) is 0.0320. The van der Waals surface area contributed by atoms with Crippen LogP contribution >= 0.6 is 0 Å². The van der Waals surface area contributed by atoms with E-state index in [0.717, 1.165) is 0 Å². The Bertz CT molecular complexity index is 453. The van der Waals surface area contributed by atoms with Crippen molar-refractivity contribution in [2.45, 2.75) is 6.42 Å². The molecule has 0 aliphatic rings. The number of benzene rings is 1. The fourth-order valence-corrected chi connectivity index (χ4v) is 1.41. The largest absolute Gasteiger partial charge is 0.396 e. The van der Waals surface area contributed by atoms with E-state index in [0.29, 0.717) is 23.5 Å². The lowest BCUT2D eigenvalue weighted by atomic mass is 10.1. The quantitative estimate of drug-likeness (QED) is 0.803. The minimum Gasteiger partial charge on any atom is -0.396 e. The van der Waals surface area contributed by atoms with Crippen molar-refractivity contribution in [3.8, 4) is 11.3 Å². The van der Waals surface area contributed by atoms with Crippen molar-refractivity contribution in [2.75, 3.05) is 6.61 Å². The second-order valence-electron chi connectivity index (χ2n) is 3.20. The van der Waals surface area contributed by atoms with Crippen molar-refractivity contribution in [3.63, 3.8) is 0 Å². The molecular weight excluding hydrogens is 195 g/mol. The van der Waals surface area contributed by atoms with Gasteiger partial charge in [-0.15, -0.1) is 0 Å². The van der Waals surface area contributed by atoms with Crippen molar-refractivity contribution < 1.29 is 9.50 Å². The zero-order valence-electron chi connectivity index (χ0n) is 8.07. The predicted molar refractivity (Wildman–Crippen MR) is 54.8 cm³/mol. The number of hydrogen-bond donors (Lipinski definition) is 2. The molecule has 0 aliphatic heterocycles. The van der Waals surface area contributed by atoms with Gasteiger partial charge < -0.3 is 10.1 Å². The van der Waals surface area contributed by atoms with Gasteiger partial charge in [-0.25, -0.2) is 9.37 Å². The summed E-state index contributed by atoms with van der Waals surface area (Å²) in [5.74, 6) is 0.382. The lowest BCUT2D eigenvalue weighted by Gasteiger charge is -1.98. The van der Waals surface area contributed by atoms with Gasteiger partial charge in [0.05, 0.1) is 18.5 Å². The van der Waals surface area contributed by atoms with Crippen molar-refractivity contribution >= 4 is 0 Å². The maximum absolute atomic E-state index is 13.4. The highest BCUT2D eigenvalue weighted by atomic mass is 19.1. The van der Waals surface area contributed by atoms with Gasteiger partial charge in [-0.2, -0.15) is 0 Å². The number of aliphatic hydroxyl groups excluding tert-OH is 1. The Balaban J connectivity index is 2.33. The minimum atomic E-state index is -0.281. The molecule has 2 rings (SSSR count). The van der Waals surface area contributed by atoms with E-state index in [1.807, 2.05) is 0 Å². The van der Waals surface area contributed by atoms with Crippen LogP contribution in [0.2, 0.25) is 0 Å². The summed E-state index contributed by atoms with van der Waals surface area (Å²) in [5, 5.41) is 8.72. The molecule has 4 heteroatoms. The zero-order chi connectivity index (χ0) is 10.7. The number of rotatable bonds is 3. The van der Waals surface area contributed by atoms with Gasteiger partial charge in [0.15, 0.2) is 0 Å². The normalized spacial score (nSPS) is 10.5. The Hall–Kier alpha value is -1.68. The van der Waals surface area contributed by atoms with Crippen LogP contribution < -0.4 is 0 Å². The Morgan fingerprint density at radius 1 is 1.33 bits per heavy atom. The van der Waals surface area contributed by atoms with Gasteiger partial charge in [0.25, 0.3) is 0 Å². The van der Waals surface area contributed by atoms with Gasteiger partial charge in [0, 0.05) is 12.0 Å². The molecule has 0 radical (unpaired) electrons. The number of imidazole rings is 1. The number of aliphatic hydroxyl groups is 1. The molecule has 0 saturated heterocycles. The van der Waals surface area contributed by atoms with E-state index in [4.69, 9.17) is 5.11 Å². The van der Waals surface area contributed by atoms with Crippen LogP contribution in [0.15, 0.2) is 30.5 Å². The first-order chi connectivity index (χ1) is 7.31. The van der Waals surface area contributed by atoms with Crippen LogP contribution in [-0.2, 0) is 6.42 Å². The highest BCUT2D eigenvalue weighted by Gasteiger charge is 2.06. The third-order valence-electron chi connectivity index (χ3n) is 2.14. The molecule has 1 aromatic heterocycles. The summed E-state index contributed by atoms with van der Waals surface area (Å²) in [4.78, 5) is 7.00. The molecule has 2 aromatic rings. The van der Waals surface area contributed by atoms with Crippen LogP contribution in [-0.4, -0.2) is 21.7 Å². The first-order valence-electron chi connectivity index (χ1n) is 4.71. The van der Waals surface area contributed by atoms with Gasteiger partial charge in [0.2, 0.25) is 0 Å². The number of aromatic amines is 1. The van der Waals surface area contributed by atoms with Crippen LogP contribution in [0.25, 0.3) is 11.3 Å². The molecule has 0 fully saturated rings. The average Bonchev–Trinajstić information content (AvgIpc) is 2.68. The lowest BCUT2D eigenvalue weighted by molar-refractivity contribution is 0.297. The number of H-pyrrole nitrogens is 1. The summed E-state index contributed by atoms with van der Waals surface area (Å²) in [6.07, 6.45) is 2.03. The molecule has 78 valence electrons. The van der Waals surface area contributed by atoms with Gasteiger partial charge in [0.1, 0.15) is 11.6 Å². The number of hydrogen-bond acceptors (Lipinski definition) is 2. The Morgan fingerprint density at radius 3 is 2.87 bits per heavy atom. The topological polar surface area (TPSA) is 48.9 Å². The molecule has 0 aliphatic carbocycles. The summed E-state index contributed by atoms with van der Waals surface area (Å²) in [6, 6.07) is 6.50. The molecule has 1 heterocycles. The monoisotopic (exact) mass is 206 g/mol. The van der Waals surface area contributed by atoms with Crippen LogP contribution in [0.3, 0.4) is 0 Å². The number of nitrogens with one attached hydrogen (secondary N) is 1. The Labute approximate surface area is 86.6 Å². The highest BCUT2D eigenvalue weighted by Crippen LogP contribution is 2.20. The fraction of sp³-hybridized carbons (Fsp3) is 0.182. The third kappa shape index (κ3) is 2.05. The Kier molecular flexibility index (Phi) is 2.78. The molecule has 0 unspecified atom stereocenters. The first-order valence-corrected chi connectivity index (χ1v) is 4.71. The summed E-state index contributed by atoms with van der Waals surface area (Å²) < 4.78 is 13.4. The van der Waals surface area contributed by atoms with Crippen LogP contribution in [0.4, 0.5) is 4.39 Å². The second kappa shape index (κ2) is 4.23. The van der Waals surface area contributed by atoms with Crippen molar-refractivity contribution in [3.05, 3.63) is 42.1 Å². The number of aromatic nitrogens is 2. The van der Waals surface area contributed by atoms with E-state index >= 15 is 0 Å². The number of halogens is 1.